The van der Waals surface area contributed by atoms with Crippen molar-refractivity contribution >= 4 is 6.08 Å². The van der Waals surface area contributed by atoms with Crippen LogP contribution in [-0.4, -0.2) is 6.61 Å². The van der Waals surface area contributed by atoms with Crippen molar-refractivity contribution in [3.05, 3.63) is 35.9 Å². The number of nitrogens with zero attached hydrogens (tertiary/aromatic N) is 1. The van der Waals surface area contributed by atoms with E-state index in [4.69, 9.17) is 5.26 Å². The molecule has 0 saturated heterocycles. The van der Waals surface area contributed by atoms with E-state index in [0.29, 0.717) is 6.42 Å². The van der Waals surface area contributed by atoms with E-state index in [1.807, 2.05) is 6.07 Å². The molecule has 0 aliphatic rings. The molecule has 1 rings (SSSR count). The van der Waals surface area contributed by atoms with Gasteiger partial charge in [0.1, 0.15) is 5.75 Å². The Balaban J connectivity index is 2.61. The molecule has 0 aliphatic carbocycles. The summed E-state index contributed by atoms with van der Waals surface area (Å²) in [5.74, 6) is 0.127. The number of nitriles is 1. The Kier molecular flexibility index (Phi) is 4.30. The van der Waals surface area contributed by atoms with Gasteiger partial charge in [-0.1, -0.05) is 24.3 Å². The summed E-state index contributed by atoms with van der Waals surface area (Å²) in [7, 11) is 0. The maximum Gasteiger partial charge on any atom is 0.387 e. The predicted octanol–water partition coefficient (Wildman–Crippen LogP) is 3.21. The minimum atomic E-state index is -2.80. The number of hydrogen-bond donors (Lipinski definition) is 0. The summed E-state index contributed by atoms with van der Waals surface area (Å²) in [6, 6.07) is 8.17. The van der Waals surface area contributed by atoms with Crippen LogP contribution in [0.25, 0.3) is 6.08 Å². The number of alkyl halides is 2. The molecule has 0 N–H and O–H groups in total. The highest BCUT2D eigenvalue weighted by molar-refractivity contribution is 5.50. The first-order valence-electron chi connectivity index (χ1n) is 4.31. The molecule has 0 radical (unpaired) electrons. The predicted molar refractivity (Wildman–Crippen MR) is 52.3 cm³/mol. The van der Waals surface area contributed by atoms with Crippen LogP contribution < -0.4 is 4.74 Å². The summed E-state index contributed by atoms with van der Waals surface area (Å²) < 4.78 is 27.8. The number of hydrogen-bond acceptors (Lipinski definition) is 2. The van der Waals surface area contributed by atoms with Gasteiger partial charge in [-0.05, 0) is 17.7 Å². The van der Waals surface area contributed by atoms with Crippen LogP contribution in [0.4, 0.5) is 8.78 Å². The van der Waals surface area contributed by atoms with Gasteiger partial charge in [0.25, 0.3) is 0 Å². The molecule has 0 heterocycles. The third kappa shape index (κ3) is 4.23. The zero-order chi connectivity index (χ0) is 11.1. The number of ether oxygens (including phenoxy) is 1. The van der Waals surface area contributed by atoms with Crippen molar-refractivity contribution in [3.63, 3.8) is 0 Å². The fraction of sp³-hybridized carbons (Fsp3) is 0.182. The second kappa shape index (κ2) is 5.76. The number of benzene rings is 1. The van der Waals surface area contributed by atoms with E-state index in [2.05, 4.69) is 4.74 Å². The molecule has 0 aromatic heterocycles. The monoisotopic (exact) mass is 209 g/mol. The second-order valence-electron chi connectivity index (χ2n) is 2.71. The van der Waals surface area contributed by atoms with Gasteiger partial charge >= 0.3 is 6.61 Å². The first-order chi connectivity index (χ1) is 7.22. The van der Waals surface area contributed by atoms with E-state index in [-0.39, 0.29) is 5.75 Å². The van der Waals surface area contributed by atoms with Crippen molar-refractivity contribution in [2.24, 2.45) is 0 Å². The molecular formula is C11H9F2NO. The third-order valence-corrected chi connectivity index (χ3v) is 1.62. The first kappa shape index (κ1) is 11.2. The van der Waals surface area contributed by atoms with E-state index in [9.17, 15) is 8.78 Å². The summed E-state index contributed by atoms with van der Waals surface area (Å²) in [4.78, 5) is 0. The van der Waals surface area contributed by atoms with Gasteiger partial charge in [-0.3, -0.25) is 0 Å². The van der Waals surface area contributed by atoms with Crippen LogP contribution in [0, 0.1) is 11.3 Å². The summed E-state index contributed by atoms with van der Waals surface area (Å²) in [6.45, 7) is -2.80. The smallest absolute Gasteiger partial charge is 0.387 e. The van der Waals surface area contributed by atoms with Gasteiger partial charge in [0, 0.05) is 0 Å². The zero-order valence-electron chi connectivity index (χ0n) is 7.86. The molecule has 0 atom stereocenters. The van der Waals surface area contributed by atoms with Gasteiger partial charge in [0.2, 0.25) is 0 Å². The molecule has 0 aliphatic heterocycles. The Hall–Kier alpha value is -1.89. The van der Waals surface area contributed by atoms with Gasteiger partial charge in [-0.15, -0.1) is 0 Å². The average molecular weight is 209 g/mol. The van der Waals surface area contributed by atoms with Crippen molar-refractivity contribution in [3.8, 4) is 11.8 Å². The van der Waals surface area contributed by atoms with Gasteiger partial charge in [0.05, 0.1) is 12.5 Å². The van der Waals surface area contributed by atoms with Crippen LogP contribution in [0.5, 0.6) is 5.75 Å². The number of halogens is 2. The van der Waals surface area contributed by atoms with E-state index in [1.165, 1.54) is 12.1 Å². The standard InChI is InChI=1S/C11H9F2NO/c12-11(13)15-10-6-4-9(5-7-10)3-1-2-8-14/h1,3-7,11H,2H2. The summed E-state index contributed by atoms with van der Waals surface area (Å²) in [6.07, 6.45) is 3.77. The highest BCUT2D eigenvalue weighted by Gasteiger charge is 2.02. The number of rotatable bonds is 4. The zero-order valence-corrected chi connectivity index (χ0v) is 7.86. The second-order valence-corrected chi connectivity index (χ2v) is 2.71. The molecule has 4 heteroatoms. The van der Waals surface area contributed by atoms with Crippen LogP contribution in [0.15, 0.2) is 30.3 Å². The maximum atomic E-state index is 11.8. The summed E-state index contributed by atoms with van der Waals surface area (Å²) in [5, 5.41) is 8.28. The Morgan fingerprint density at radius 2 is 2.00 bits per heavy atom. The van der Waals surface area contributed by atoms with Gasteiger partial charge in [0.15, 0.2) is 0 Å². The fourth-order valence-electron chi connectivity index (χ4n) is 1.01. The lowest BCUT2D eigenvalue weighted by atomic mass is 10.2. The molecule has 0 amide bonds. The van der Waals surface area contributed by atoms with E-state index in [1.54, 1.807) is 24.3 Å². The van der Waals surface area contributed by atoms with Crippen LogP contribution >= 0.6 is 0 Å². The highest BCUT2D eigenvalue weighted by Crippen LogP contribution is 2.15. The molecule has 78 valence electrons. The summed E-state index contributed by atoms with van der Waals surface area (Å²) in [5.41, 5.74) is 0.840. The molecular weight excluding hydrogens is 200 g/mol. The first-order valence-corrected chi connectivity index (χ1v) is 4.31. The van der Waals surface area contributed by atoms with Crippen molar-refractivity contribution in [1.29, 1.82) is 5.26 Å². The normalized spacial score (nSPS) is 10.5. The maximum absolute atomic E-state index is 11.8. The molecule has 15 heavy (non-hydrogen) atoms. The Morgan fingerprint density at radius 3 is 2.53 bits per heavy atom. The largest absolute Gasteiger partial charge is 0.435 e. The third-order valence-electron chi connectivity index (χ3n) is 1.62. The molecule has 0 saturated carbocycles. The van der Waals surface area contributed by atoms with Gasteiger partial charge in [-0.2, -0.15) is 14.0 Å². The fourth-order valence-corrected chi connectivity index (χ4v) is 1.01. The Bertz CT molecular complexity index is 365. The molecule has 0 bridgehead atoms. The molecule has 2 nitrogen and oxygen atoms in total. The summed E-state index contributed by atoms with van der Waals surface area (Å²) >= 11 is 0. The lowest BCUT2D eigenvalue weighted by Gasteiger charge is -2.03. The average Bonchev–Trinajstić information content (AvgIpc) is 2.20. The molecule has 0 unspecified atom stereocenters. The van der Waals surface area contributed by atoms with Crippen molar-refractivity contribution in [1.82, 2.24) is 0 Å². The Morgan fingerprint density at radius 1 is 1.33 bits per heavy atom. The van der Waals surface area contributed by atoms with Crippen LogP contribution in [0.2, 0.25) is 0 Å². The van der Waals surface area contributed by atoms with E-state index in [0.717, 1.165) is 5.56 Å². The minimum absolute atomic E-state index is 0.127. The van der Waals surface area contributed by atoms with Crippen molar-refractivity contribution in [2.45, 2.75) is 13.0 Å². The van der Waals surface area contributed by atoms with Crippen molar-refractivity contribution < 1.29 is 13.5 Å². The van der Waals surface area contributed by atoms with Crippen LogP contribution in [-0.2, 0) is 0 Å². The molecule has 1 aromatic carbocycles. The van der Waals surface area contributed by atoms with Crippen LogP contribution in [0.3, 0.4) is 0 Å². The van der Waals surface area contributed by atoms with Crippen molar-refractivity contribution in [2.75, 3.05) is 0 Å². The lowest BCUT2D eigenvalue weighted by Crippen LogP contribution is -2.01. The highest BCUT2D eigenvalue weighted by atomic mass is 19.3. The van der Waals surface area contributed by atoms with Gasteiger partial charge < -0.3 is 4.74 Å². The Labute approximate surface area is 86.4 Å². The van der Waals surface area contributed by atoms with Crippen LogP contribution in [0.1, 0.15) is 12.0 Å². The van der Waals surface area contributed by atoms with E-state index < -0.39 is 6.61 Å². The minimum Gasteiger partial charge on any atom is -0.435 e. The molecule has 0 spiro atoms. The SMILES string of the molecule is N#CCC=Cc1ccc(OC(F)F)cc1. The van der Waals surface area contributed by atoms with E-state index >= 15 is 0 Å². The lowest BCUT2D eigenvalue weighted by molar-refractivity contribution is -0.0498. The van der Waals surface area contributed by atoms with Gasteiger partial charge in [-0.25, -0.2) is 0 Å². The quantitative estimate of drug-likeness (QED) is 0.762. The molecule has 1 aromatic rings. The molecule has 0 fully saturated rings. The number of allylic oxidation sites excluding steroid dienone is 1. The topological polar surface area (TPSA) is 33.0 Å².